The number of hydrogen-bond donors (Lipinski definition) is 0. The summed E-state index contributed by atoms with van der Waals surface area (Å²) in [5, 5.41) is 3.26. The summed E-state index contributed by atoms with van der Waals surface area (Å²) in [4.78, 5) is 10.9. The highest BCUT2D eigenvalue weighted by Crippen LogP contribution is 2.33. The second kappa shape index (κ2) is 3.58. The van der Waals surface area contributed by atoms with E-state index in [-0.39, 0.29) is 0 Å². The molecule has 0 aromatic heterocycles. The minimum atomic E-state index is -0.685. The van der Waals surface area contributed by atoms with E-state index in [4.69, 9.17) is 0 Å². The normalized spacial score (nSPS) is 24.9. The summed E-state index contributed by atoms with van der Waals surface area (Å²) < 4.78 is 0. The van der Waals surface area contributed by atoms with Gasteiger partial charge in [-0.1, -0.05) is 53.7 Å². The first-order valence-electron chi connectivity index (χ1n) is 4.62. The van der Waals surface area contributed by atoms with Crippen molar-refractivity contribution in [2.45, 2.75) is 12.0 Å². The van der Waals surface area contributed by atoms with Crippen molar-refractivity contribution in [3.05, 3.63) is 65.1 Å². The Morgan fingerprint density at radius 2 is 1.93 bits per heavy atom. The Balaban J connectivity index is 2.44. The highest BCUT2D eigenvalue weighted by Gasteiger charge is 2.30. The predicted octanol–water partition coefficient (Wildman–Crippen LogP) is 3.16. The van der Waals surface area contributed by atoms with E-state index in [9.17, 15) is 4.91 Å². The van der Waals surface area contributed by atoms with Gasteiger partial charge in [-0.05, 0) is 11.6 Å². The molecule has 1 atom stereocenters. The highest BCUT2D eigenvalue weighted by molar-refractivity contribution is 5.34. The van der Waals surface area contributed by atoms with Gasteiger partial charge in [0.15, 0.2) is 0 Å². The Hall–Kier alpha value is -1.70. The molecule has 2 heteroatoms. The van der Waals surface area contributed by atoms with Crippen molar-refractivity contribution in [1.29, 1.82) is 0 Å². The lowest BCUT2D eigenvalue weighted by Crippen LogP contribution is -2.20. The second-order valence-electron chi connectivity index (χ2n) is 3.37. The maximum absolute atomic E-state index is 10.9. The molecule has 70 valence electrons. The van der Waals surface area contributed by atoms with Gasteiger partial charge in [-0.2, -0.15) is 0 Å². The number of rotatable bonds is 2. The number of hydrogen-bond acceptors (Lipinski definition) is 2. The molecule has 2 rings (SSSR count). The molecule has 0 amide bonds. The number of nitrogens with zero attached hydrogens (tertiary/aromatic N) is 1. The van der Waals surface area contributed by atoms with E-state index in [1.54, 1.807) is 0 Å². The van der Waals surface area contributed by atoms with Crippen LogP contribution in [0.5, 0.6) is 0 Å². The number of allylic oxidation sites excluding steroid dienone is 2. The first-order chi connectivity index (χ1) is 6.87. The lowest BCUT2D eigenvalue weighted by Gasteiger charge is -2.23. The summed E-state index contributed by atoms with van der Waals surface area (Å²) in [6, 6.07) is 9.66. The topological polar surface area (TPSA) is 29.4 Å². The van der Waals surface area contributed by atoms with E-state index in [2.05, 4.69) is 5.18 Å². The predicted molar refractivity (Wildman–Crippen MR) is 56.8 cm³/mol. The third-order valence-electron chi connectivity index (χ3n) is 2.48. The van der Waals surface area contributed by atoms with Crippen LogP contribution in [0.4, 0.5) is 0 Å². The van der Waals surface area contributed by atoms with Crippen molar-refractivity contribution in [2.24, 2.45) is 5.18 Å². The Labute approximate surface area is 82.9 Å². The van der Waals surface area contributed by atoms with Crippen LogP contribution in [-0.2, 0) is 5.54 Å². The highest BCUT2D eigenvalue weighted by atomic mass is 16.3. The van der Waals surface area contributed by atoms with Crippen LogP contribution in [0.1, 0.15) is 12.0 Å². The fourth-order valence-electron chi connectivity index (χ4n) is 1.67. The monoisotopic (exact) mass is 185 g/mol. The van der Waals surface area contributed by atoms with Crippen LogP contribution >= 0.6 is 0 Å². The minimum absolute atomic E-state index is 0.650. The molecule has 0 saturated heterocycles. The Morgan fingerprint density at radius 3 is 2.50 bits per heavy atom. The van der Waals surface area contributed by atoms with Crippen molar-refractivity contribution in [1.82, 2.24) is 0 Å². The molecule has 1 aliphatic carbocycles. The lowest BCUT2D eigenvalue weighted by molar-refractivity contribution is 0.563. The molecule has 2 nitrogen and oxygen atoms in total. The molecular formula is C12H11NO. The average molecular weight is 185 g/mol. The molecule has 0 radical (unpaired) electrons. The van der Waals surface area contributed by atoms with Crippen molar-refractivity contribution in [3.8, 4) is 0 Å². The van der Waals surface area contributed by atoms with Crippen LogP contribution in [0.3, 0.4) is 0 Å². The van der Waals surface area contributed by atoms with Gasteiger partial charge < -0.3 is 0 Å². The lowest BCUT2D eigenvalue weighted by atomic mass is 9.85. The van der Waals surface area contributed by atoms with Crippen LogP contribution in [0.15, 0.2) is 59.8 Å². The molecule has 0 aliphatic heterocycles. The molecule has 14 heavy (non-hydrogen) atoms. The van der Waals surface area contributed by atoms with Crippen molar-refractivity contribution in [2.75, 3.05) is 0 Å². The zero-order valence-corrected chi connectivity index (χ0v) is 7.76. The summed E-state index contributed by atoms with van der Waals surface area (Å²) in [6.45, 7) is 0. The smallest absolute Gasteiger partial charge is 0.149 e. The van der Waals surface area contributed by atoms with Gasteiger partial charge in [-0.25, -0.2) is 0 Å². The van der Waals surface area contributed by atoms with Gasteiger partial charge in [0.25, 0.3) is 0 Å². The third kappa shape index (κ3) is 1.39. The van der Waals surface area contributed by atoms with Gasteiger partial charge in [-0.3, -0.25) is 0 Å². The Kier molecular flexibility index (Phi) is 2.27. The number of nitroso groups, excluding NO2 is 1. The van der Waals surface area contributed by atoms with Gasteiger partial charge in [0.05, 0.1) is 0 Å². The standard InChI is InChI=1S/C12H11NO/c14-13-12(9-5-2-6-10-12)11-7-3-1-4-8-11/h1-9H,10H2. The quantitative estimate of drug-likeness (QED) is 0.651. The summed E-state index contributed by atoms with van der Waals surface area (Å²) in [7, 11) is 0. The van der Waals surface area contributed by atoms with E-state index < -0.39 is 5.54 Å². The third-order valence-corrected chi connectivity index (χ3v) is 2.48. The van der Waals surface area contributed by atoms with Crippen LogP contribution in [-0.4, -0.2) is 0 Å². The Morgan fingerprint density at radius 1 is 1.14 bits per heavy atom. The summed E-state index contributed by atoms with van der Waals surface area (Å²) in [5.41, 5.74) is 0.270. The average Bonchev–Trinajstić information content (AvgIpc) is 2.31. The van der Waals surface area contributed by atoms with Gasteiger partial charge in [0.1, 0.15) is 5.54 Å². The van der Waals surface area contributed by atoms with Crippen molar-refractivity contribution in [3.63, 3.8) is 0 Å². The van der Waals surface area contributed by atoms with E-state index in [0.29, 0.717) is 6.42 Å². The van der Waals surface area contributed by atoms with Crippen molar-refractivity contribution >= 4 is 0 Å². The molecule has 1 aromatic rings. The van der Waals surface area contributed by atoms with Gasteiger partial charge in [-0.15, -0.1) is 4.91 Å². The fraction of sp³-hybridized carbons (Fsp3) is 0.167. The SMILES string of the molecule is O=NC1(c2ccccc2)C=CC=CC1. The first-order valence-corrected chi connectivity index (χ1v) is 4.62. The molecule has 1 unspecified atom stereocenters. The fourth-order valence-corrected chi connectivity index (χ4v) is 1.67. The van der Waals surface area contributed by atoms with Crippen LogP contribution < -0.4 is 0 Å². The van der Waals surface area contributed by atoms with Gasteiger partial charge in [0, 0.05) is 6.42 Å². The zero-order valence-electron chi connectivity index (χ0n) is 7.76. The summed E-state index contributed by atoms with van der Waals surface area (Å²) in [6.07, 6.45) is 8.28. The van der Waals surface area contributed by atoms with E-state index >= 15 is 0 Å². The molecule has 0 spiro atoms. The van der Waals surface area contributed by atoms with E-state index in [1.807, 2.05) is 54.6 Å². The summed E-state index contributed by atoms with van der Waals surface area (Å²) >= 11 is 0. The van der Waals surface area contributed by atoms with E-state index in [1.165, 1.54) is 0 Å². The second-order valence-corrected chi connectivity index (χ2v) is 3.37. The maximum atomic E-state index is 10.9. The molecular weight excluding hydrogens is 174 g/mol. The van der Waals surface area contributed by atoms with Gasteiger partial charge in [0.2, 0.25) is 0 Å². The Bertz CT molecular complexity index is 381. The van der Waals surface area contributed by atoms with Crippen molar-refractivity contribution < 1.29 is 0 Å². The molecule has 0 saturated carbocycles. The molecule has 0 bridgehead atoms. The summed E-state index contributed by atoms with van der Waals surface area (Å²) in [5.74, 6) is 0. The molecule has 0 N–H and O–H groups in total. The largest absolute Gasteiger partial charge is 0.149 e. The van der Waals surface area contributed by atoms with Crippen LogP contribution in [0, 0.1) is 4.91 Å². The van der Waals surface area contributed by atoms with Crippen LogP contribution in [0.25, 0.3) is 0 Å². The minimum Gasteiger partial charge on any atom is -0.149 e. The van der Waals surface area contributed by atoms with E-state index in [0.717, 1.165) is 5.56 Å². The molecule has 0 fully saturated rings. The molecule has 1 aliphatic rings. The van der Waals surface area contributed by atoms with Crippen LogP contribution in [0.2, 0.25) is 0 Å². The number of benzene rings is 1. The zero-order chi connectivity index (χ0) is 9.86. The molecule has 0 heterocycles. The molecule has 1 aromatic carbocycles. The maximum Gasteiger partial charge on any atom is 0.149 e. The first kappa shape index (κ1) is 8.88. The van der Waals surface area contributed by atoms with Gasteiger partial charge >= 0.3 is 0 Å².